The Morgan fingerprint density at radius 2 is 0.691 bits per heavy atom. The van der Waals surface area contributed by atoms with E-state index in [9.17, 15) is 61.0 Å². The summed E-state index contributed by atoms with van der Waals surface area (Å²) in [7, 11) is 0. The van der Waals surface area contributed by atoms with Gasteiger partial charge in [0.2, 0.25) is 5.91 Å². The average molecular weight is 1380 g/mol. The summed E-state index contributed by atoms with van der Waals surface area (Å²) in [4.78, 5) is 13.5. The van der Waals surface area contributed by atoms with Crippen LogP contribution in [-0.2, 0) is 33.2 Å². The second kappa shape index (κ2) is 59.2. The lowest BCUT2D eigenvalue weighted by Gasteiger charge is -2.48. The van der Waals surface area contributed by atoms with Crippen molar-refractivity contribution in [1.29, 1.82) is 0 Å². The number of amides is 1. The number of ether oxygens (including phenoxy) is 6. The van der Waals surface area contributed by atoms with E-state index in [0.29, 0.717) is 12.8 Å². The number of nitrogens with one attached hydrogen (secondary N) is 1. The molecule has 97 heavy (non-hydrogen) atoms. The largest absolute Gasteiger partial charge is 0.394 e. The molecule has 3 fully saturated rings. The highest BCUT2D eigenvalue weighted by Gasteiger charge is 2.53. The molecule has 0 aromatic carbocycles. The van der Waals surface area contributed by atoms with Gasteiger partial charge >= 0.3 is 0 Å². The van der Waals surface area contributed by atoms with Crippen molar-refractivity contribution >= 4 is 5.91 Å². The predicted octanol–water partition coefficient (Wildman–Crippen LogP) is 12.5. The van der Waals surface area contributed by atoms with Crippen LogP contribution in [-0.4, -0.2) is 193 Å². The fourth-order valence-electron chi connectivity index (χ4n) is 13.2. The Balaban J connectivity index is 1.40. The van der Waals surface area contributed by atoms with Gasteiger partial charge in [-0.15, -0.1) is 0 Å². The summed E-state index contributed by atoms with van der Waals surface area (Å²) in [6.07, 6.45) is 46.7. The number of carbonyl (C=O) groups excluding carboxylic acids is 1. The zero-order chi connectivity index (χ0) is 70.4. The van der Waals surface area contributed by atoms with Gasteiger partial charge in [-0.1, -0.05) is 287 Å². The van der Waals surface area contributed by atoms with Gasteiger partial charge in [-0.25, -0.2) is 0 Å². The van der Waals surface area contributed by atoms with E-state index in [2.05, 4.69) is 55.6 Å². The molecule has 0 saturated carbocycles. The van der Waals surface area contributed by atoms with Gasteiger partial charge in [-0.2, -0.15) is 0 Å². The fourth-order valence-corrected chi connectivity index (χ4v) is 13.2. The Morgan fingerprint density at radius 3 is 1.09 bits per heavy atom. The van der Waals surface area contributed by atoms with Gasteiger partial charge in [0.15, 0.2) is 18.9 Å². The maximum absolute atomic E-state index is 13.5. The number of aliphatic hydroxyl groups excluding tert-OH is 11. The highest BCUT2D eigenvalue weighted by Crippen LogP contribution is 2.33. The Hall–Kier alpha value is -2.25. The van der Waals surface area contributed by atoms with Crippen LogP contribution in [0.5, 0.6) is 0 Å². The first-order valence-corrected chi connectivity index (χ1v) is 39.4. The van der Waals surface area contributed by atoms with Crippen molar-refractivity contribution in [3.8, 4) is 0 Å². The molecule has 0 aromatic rings. The van der Waals surface area contributed by atoms with Crippen molar-refractivity contribution in [1.82, 2.24) is 5.32 Å². The molecule has 12 N–H and O–H groups in total. The number of aliphatic hydroxyl groups is 11. The molecule has 0 bridgehead atoms. The summed E-state index contributed by atoms with van der Waals surface area (Å²) < 4.78 is 34.4. The highest BCUT2D eigenvalue weighted by atomic mass is 16.8. The topological polar surface area (TPSA) is 307 Å². The molecule has 19 nitrogen and oxygen atoms in total. The van der Waals surface area contributed by atoms with Crippen LogP contribution in [0.4, 0.5) is 0 Å². The third kappa shape index (κ3) is 39.8. The molecule has 0 aliphatic carbocycles. The predicted molar refractivity (Wildman–Crippen MR) is 383 cm³/mol. The summed E-state index contributed by atoms with van der Waals surface area (Å²) in [5.41, 5.74) is 0. The summed E-state index contributed by atoms with van der Waals surface area (Å²) >= 11 is 0. The molecule has 3 aliphatic rings. The van der Waals surface area contributed by atoms with Crippen LogP contribution in [0, 0.1) is 0 Å². The van der Waals surface area contributed by atoms with Crippen molar-refractivity contribution in [2.24, 2.45) is 0 Å². The second-order valence-electron chi connectivity index (χ2n) is 28.2. The molecule has 17 atom stereocenters. The van der Waals surface area contributed by atoms with Gasteiger partial charge in [-0.05, 0) is 64.2 Å². The molecule has 3 heterocycles. The fraction of sp³-hybridized carbons (Fsp3) is 0.885. The molecular formula is C78H143NO18. The number of rotatable bonds is 62. The Labute approximate surface area is 586 Å². The standard InChI is InChI=1S/C78H143NO18/c1-3-5-7-9-11-13-15-17-19-21-23-25-27-29-30-32-33-35-37-39-41-43-45-47-49-51-53-55-62(83)61(79-66(84)56-54-52-50-48-46-44-42-40-38-36-34-31-28-26-24-22-20-18-16-14-12-10-8-6-4-2)60-92-76-72(90)69(87)74(64(58-81)94-76)97-78-73(91)70(88)75(65(59-82)95-78)96-77-71(89)68(86)67(85)63(57-80)93-77/h16,18,22,24,45,47,53,55,61-65,67-78,80-83,85-91H,3-15,17,19-21,23,25-44,46,48-52,54,56-60H2,1-2H3,(H,79,84)/b18-16-,24-22-,47-45+,55-53+. The molecule has 0 aromatic heterocycles. The number of hydrogen-bond donors (Lipinski definition) is 12. The first-order valence-electron chi connectivity index (χ1n) is 39.4. The van der Waals surface area contributed by atoms with Gasteiger partial charge in [0.25, 0.3) is 0 Å². The van der Waals surface area contributed by atoms with Gasteiger partial charge < -0.3 is 89.9 Å². The number of hydrogen-bond acceptors (Lipinski definition) is 18. The normalized spacial score (nSPS) is 27.1. The van der Waals surface area contributed by atoms with Crippen LogP contribution in [0.3, 0.4) is 0 Å². The van der Waals surface area contributed by atoms with E-state index < -0.39 is 124 Å². The maximum atomic E-state index is 13.5. The lowest BCUT2D eigenvalue weighted by molar-refractivity contribution is -0.379. The van der Waals surface area contributed by atoms with Gasteiger partial charge in [0, 0.05) is 6.42 Å². The van der Waals surface area contributed by atoms with Gasteiger partial charge in [0.05, 0.1) is 38.6 Å². The molecule has 17 unspecified atom stereocenters. The van der Waals surface area contributed by atoms with Crippen molar-refractivity contribution in [2.75, 3.05) is 26.4 Å². The minimum atomic E-state index is -1.98. The van der Waals surface area contributed by atoms with Crippen LogP contribution in [0.2, 0.25) is 0 Å². The van der Waals surface area contributed by atoms with Gasteiger partial charge in [-0.3, -0.25) is 4.79 Å². The van der Waals surface area contributed by atoms with E-state index in [1.54, 1.807) is 6.08 Å². The average Bonchev–Trinajstić information content (AvgIpc) is 0.797. The maximum Gasteiger partial charge on any atom is 0.220 e. The zero-order valence-electron chi connectivity index (χ0n) is 60.6. The number of allylic oxidation sites excluding steroid dienone is 7. The van der Waals surface area contributed by atoms with E-state index in [4.69, 9.17) is 28.4 Å². The lowest BCUT2D eigenvalue weighted by atomic mass is 9.96. The molecule has 3 rings (SSSR count). The molecular weight excluding hydrogens is 1240 g/mol. The number of carbonyl (C=O) groups is 1. The van der Waals surface area contributed by atoms with Crippen LogP contribution in [0.1, 0.15) is 309 Å². The zero-order valence-corrected chi connectivity index (χ0v) is 60.6. The van der Waals surface area contributed by atoms with Crippen LogP contribution < -0.4 is 5.32 Å². The van der Waals surface area contributed by atoms with E-state index in [-0.39, 0.29) is 18.9 Å². The van der Waals surface area contributed by atoms with Crippen molar-refractivity contribution in [3.63, 3.8) is 0 Å². The number of unbranched alkanes of at least 4 members (excludes halogenated alkanes) is 40. The molecule has 3 aliphatic heterocycles. The minimum Gasteiger partial charge on any atom is -0.394 e. The summed E-state index contributed by atoms with van der Waals surface area (Å²) in [6.45, 7) is 1.75. The van der Waals surface area contributed by atoms with E-state index >= 15 is 0 Å². The van der Waals surface area contributed by atoms with E-state index in [0.717, 1.165) is 44.9 Å². The molecule has 3 saturated heterocycles. The van der Waals surface area contributed by atoms with Crippen molar-refractivity contribution in [2.45, 2.75) is 413 Å². The molecule has 568 valence electrons. The highest BCUT2D eigenvalue weighted by molar-refractivity contribution is 5.76. The van der Waals surface area contributed by atoms with Crippen LogP contribution in [0.25, 0.3) is 0 Å². The molecule has 0 spiro atoms. The van der Waals surface area contributed by atoms with E-state index in [1.807, 2.05) is 6.08 Å². The van der Waals surface area contributed by atoms with Crippen LogP contribution in [0.15, 0.2) is 48.6 Å². The van der Waals surface area contributed by atoms with Gasteiger partial charge in [0.1, 0.15) is 73.2 Å². The van der Waals surface area contributed by atoms with E-state index in [1.165, 1.54) is 231 Å². The second-order valence-corrected chi connectivity index (χ2v) is 28.2. The lowest BCUT2D eigenvalue weighted by Crippen LogP contribution is -2.66. The summed E-state index contributed by atoms with van der Waals surface area (Å²) in [5, 5.41) is 121. The Kier molecular flexibility index (Phi) is 54.3. The quantitative estimate of drug-likeness (QED) is 0.0199. The van der Waals surface area contributed by atoms with Crippen molar-refractivity contribution < 1.29 is 89.4 Å². The summed E-state index contributed by atoms with van der Waals surface area (Å²) in [6, 6.07) is -0.993. The van der Waals surface area contributed by atoms with Crippen molar-refractivity contribution in [3.05, 3.63) is 48.6 Å². The Morgan fingerprint density at radius 1 is 0.371 bits per heavy atom. The molecule has 19 heteroatoms. The monoisotopic (exact) mass is 1380 g/mol. The SMILES string of the molecule is CCCCCCC/C=C\C/C=C\CCCCCCCCCCCCCCCC(=O)NC(COC1OC(CO)C(OC2OC(CO)C(OC3OC(CO)C(O)C(O)C3O)C(O)C2O)C(O)C1O)C(O)/C=C/CC/C=C/CCCCCCCCCCCCCCCCCCCCCCC. The summed E-state index contributed by atoms with van der Waals surface area (Å²) in [5.74, 6) is -0.283. The minimum absolute atomic E-state index is 0.235. The third-order valence-electron chi connectivity index (χ3n) is 19.6. The third-order valence-corrected chi connectivity index (χ3v) is 19.6. The smallest absolute Gasteiger partial charge is 0.220 e. The first kappa shape index (κ1) is 89.0. The molecule has 0 radical (unpaired) electrons. The Bertz CT molecular complexity index is 1940. The molecule has 1 amide bonds. The first-order chi connectivity index (χ1) is 47.3. The van der Waals surface area contributed by atoms with Crippen LogP contribution >= 0.6 is 0 Å².